The van der Waals surface area contributed by atoms with Crippen molar-refractivity contribution < 1.29 is 19.1 Å². The van der Waals surface area contributed by atoms with Gasteiger partial charge in [0.2, 0.25) is 0 Å². The molecular formula is C16H20N2O4. The highest BCUT2D eigenvalue weighted by Crippen LogP contribution is 2.30. The zero-order chi connectivity index (χ0) is 16.3. The number of carbonyl (C=O) groups is 2. The highest BCUT2D eigenvalue weighted by molar-refractivity contribution is 6.13. The molecule has 1 saturated heterocycles. The molecule has 0 atom stereocenters. The van der Waals surface area contributed by atoms with Gasteiger partial charge in [-0.3, -0.25) is 9.69 Å². The summed E-state index contributed by atoms with van der Waals surface area (Å²) in [6, 6.07) is 4.95. The van der Waals surface area contributed by atoms with Gasteiger partial charge in [0, 0.05) is 6.54 Å². The smallest absolute Gasteiger partial charge is 0.328 e. The van der Waals surface area contributed by atoms with Crippen LogP contribution in [0.1, 0.15) is 26.3 Å². The molecule has 0 spiro atoms. The van der Waals surface area contributed by atoms with Crippen molar-refractivity contribution in [2.24, 2.45) is 0 Å². The fourth-order valence-corrected chi connectivity index (χ4v) is 2.15. The topological polar surface area (TPSA) is 67.9 Å². The molecule has 118 valence electrons. The number of hydrogen-bond acceptors (Lipinski definition) is 4. The van der Waals surface area contributed by atoms with E-state index in [4.69, 9.17) is 9.47 Å². The Balaban J connectivity index is 2.29. The number of methoxy groups -OCH3 is 1. The van der Waals surface area contributed by atoms with E-state index in [9.17, 15) is 9.59 Å². The molecule has 1 aliphatic heterocycles. The summed E-state index contributed by atoms with van der Waals surface area (Å²) in [4.78, 5) is 24.8. The Kier molecular flexibility index (Phi) is 4.70. The van der Waals surface area contributed by atoms with Gasteiger partial charge < -0.3 is 14.8 Å². The molecule has 22 heavy (non-hydrogen) atoms. The fraction of sp³-hybridized carbons (Fsp3) is 0.375. The molecule has 1 aromatic rings. The van der Waals surface area contributed by atoms with Crippen LogP contribution in [0.15, 0.2) is 23.9 Å². The summed E-state index contributed by atoms with van der Waals surface area (Å²) in [6.07, 6.45) is 1.66. The van der Waals surface area contributed by atoms with Crippen molar-refractivity contribution in [2.45, 2.75) is 26.9 Å². The second kappa shape index (κ2) is 6.51. The number of amides is 3. The molecule has 1 fully saturated rings. The molecule has 1 aromatic carbocycles. The first-order chi connectivity index (χ1) is 10.5. The van der Waals surface area contributed by atoms with E-state index in [0.29, 0.717) is 18.0 Å². The van der Waals surface area contributed by atoms with E-state index in [-0.39, 0.29) is 17.7 Å². The first-order valence-electron chi connectivity index (χ1n) is 7.15. The van der Waals surface area contributed by atoms with Crippen LogP contribution in [0.25, 0.3) is 6.08 Å². The second-order valence-electron chi connectivity index (χ2n) is 5.11. The number of nitrogens with zero attached hydrogens (tertiary/aromatic N) is 1. The normalized spacial score (nSPS) is 16.4. The van der Waals surface area contributed by atoms with Gasteiger partial charge in [0.1, 0.15) is 5.70 Å². The molecule has 1 aliphatic rings. The van der Waals surface area contributed by atoms with Gasteiger partial charge >= 0.3 is 6.03 Å². The van der Waals surface area contributed by atoms with Crippen molar-refractivity contribution in [2.75, 3.05) is 13.7 Å². The third-order valence-electron chi connectivity index (χ3n) is 3.14. The molecular weight excluding hydrogens is 284 g/mol. The Bertz CT molecular complexity index is 623. The predicted octanol–water partition coefficient (Wildman–Crippen LogP) is 2.40. The third-order valence-corrected chi connectivity index (χ3v) is 3.14. The van der Waals surface area contributed by atoms with Crippen molar-refractivity contribution >= 4 is 18.0 Å². The first-order valence-corrected chi connectivity index (χ1v) is 7.15. The SMILES string of the molecule is CCN1C(=O)N/C(=C/c2ccc(OC(C)C)c(OC)c2)C1=O. The van der Waals surface area contributed by atoms with Crippen molar-refractivity contribution in [3.63, 3.8) is 0 Å². The van der Waals surface area contributed by atoms with Crippen LogP contribution < -0.4 is 14.8 Å². The van der Waals surface area contributed by atoms with E-state index in [1.807, 2.05) is 13.8 Å². The molecule has 0 aromatic heterocycles. The van der Waals surface area contributed by atoms with E-state index in [2.05, 4.69) is 5.32 Å². The summed E-state index contributed by atoms with van der Waals surface area (Å²) in [7, 11) is 1.56. The number of nitrogens with one attached hydrogen (secondary N) is 1. The zero-order valence-electron chi connectivity index (χ0n) is 13.2. The summed E-state index contributed by atoms with van der Waals surface area (Å²) in [6.45, 7) is 5.96. The molecule has 6 nitrogen and oxygen atoms in total. The fourth-order valence-electron chi connectivity index (χ4n) is 2.15. The predicted molar refractivity (Wildman–Crippen MR) is 82.7 cm³/mol. The molecule has 0 aliphatic carbocycles. The van der Waals surface area contributed by atoms with E-state index < -0.39 is 6.03 Å². The van der Waals surface area contributed by atoms with Crippen molar-refractivity contribution in [1.82, 2.24) is 10.2 Å². The lowest BCUT2D eigenvalue weighted by Crippen LogP contribution is -2.30. The molecule has 6 heteroatoms. The van der Waals surface area contributed by atoms with Crippen LogP contribution in [0.5, 0.6) is 11.5 Å². The Morgan fingerprint density at radius 1 is 1.27 bits per heavy atom. The number of urea groups is 1. The lowest BCUT2D eigenvalue weighted by molar-refractivity contribution is -0.122. The Labute approximate surface area is 129 Å². The van der Waals surface area contributed by atoms with Crippen LogP contribution in [0, 0.1) is 0 Å². The maximum atomic E-state index is 12.0. The molecule has 2 rings (SSSR count). The molecule has 1 heterocycles. The zero-order valence-corrected chi connectivity index (χ0v) is 13.2. The molecule has 0 unspecified atom stereocenters. The maximum Gasteiger partial charge on any atom is 0.328 e. The van der Waals surface area contributed by atoms with Crippen LogP contribution in [-0.2, 0) is 4.79 Å². The number of hydrogen-bond donors (Lipinski definition) is 1. The van der Waals surface area contributed by atoms with Gasteiger partial charge in [-0.15, -0.1) is 0 Å². The van der Waals surface area contributed by atoms with Crippen LogP contribution in [0.4, 0.5) is 4.79 Å². The van der Waals surface area contributed by atoms with E-state index >= 15 is 0 Å². The van der Waals surface area contributed by atoms with Gasteiger partial charge in [-0.25, -0.2) is 4.79 Å². The quantitative estimate of drug-likeness (QED) is 0.670. The average Bonchev–Trinajstić information content (AvgIpc) is 2.74. The van der Waals surface area contributed by atoms with Crippen LogP contribution in [0.3, 0.4) is 0 Å². The van der Waals surface area contributed by atoms with Gasteiger partial charge in [0.25, 0.3) is 5.91 Å². The van der Waals surface area contributed by atoms with Crippen molar-refractivity contribution in [3.05, 3.63) is 29.5 Å². The van der Waals surface area contributed by atoms with E-state index in [0.717, 1.165) is 10.5 Å². The van der Waals surface area contributed by atoms with E-state index in [1.165, 1.54) is 0 Å². The third kappa shape index (κ3) is 3.21. The minimum absolute atomic E-state index is 0.0342. The summed E-state index contributed by atoms with van der Waals surface area (Å²) >= 11 is 0. The van der Waals surface area contributed by atoms with Gasteiger partial charge in [0.15, 0.2) is 11.5 Å². The number of benzene rings is 1. The number of imide groups is 1. The maximum absolute atomic E-state index is 12.0. The van der Waals surface area contributed by atoms with Gasteiger partial charge in [-0.05, 0) is 44.5 Å². The Hall–Kier alpha value is -2.50. The van der Waals surface area contributed by atoms with Gasteiger partial charge in [-0.2, -0.15) is 0 Å². The van der Waals surface area contributed by atoms with Crippen molar-refractivity contribution in [1.29, 1.82) is 0 Å². The average molecular weight is 304 g/mol. The minimum Gasteiger partial charge on any atom is -0.493 e. The number of carbonyl (C=O) groups excluding carboxylic acids is 2. The van der Waals surface area contributed by atoms with Crippen LogP contribution in [-0.4, -0.2) is 36.6 Å². The minimum atomic E-state index is -0.398. The molecule has 0 bridgehead atoms. The van der Waals surface area contributed by atoms with E-state index in [1.54, 1.807) is 38.3 Å². The molecule has 3 amide bonds. The molecule has 0 saturated carbocycles. The summed E-state index contributed by atoms with van der Waals surface area (Å²) < 4.78 is 10.9. The molecule has 1 N–H and O–H groups in total. The largest absolute Gasteiger partial charge is 0.493 e. The Morgan fingerprint density at radius 3 is 2.55 bits per heavy atom. The lowest BCUT2D eigenvalue weighted by Gasteiger charge is -2.13. The van der Waals surface area contributed by atoms with Crippen LogP contribution >= 0.6 is 0 Å². The monoisotopic (exact) mass is 304 g/mol. The van der Waals surface area contributed by atoms with Gasteiger partial charge in [0.05, 0.1) is 13.2 Å². The summed E-state index contributed by atoms with van der Waals surface area (Å²) in [5, 5.41) is 2.56. The highest BCUT2D eigenvalue weighted by atomic mass is 16.5. The molecule has 0 radical (unpaired) electrons. The number of rotatable bonds is 5. The van der Waals surface area contributed by atoms with Crippen molar-refractivity contribution in [3.8, 4) is 11.5 Å². The number of likely N-dealkylation sites (N-methyl/N-ethyl adjacent to an activating group) is 1. The first kappa shape index (κ1) is 15.9. The summed E-state index contributed by atoms with van der Waals surface area (Å²) in [5.41, 5.74) is 1.00. The van der Waals surface area contributed by atoms with Crippen LogP contribution in [0.2, 0.25) is 0 Å². The highest BCUT2D eigenvalue weighted by Gasteiger charge is 2.31. The Morgan fingerprint density at radius 2 is 2.00 bits per heavy atom. The second-order valence-corrected chi connectivity index (χ2v) is 5.11. The number of ether oxygens (including phenoxy) is 2. The lowest BCUT2D eigenvalue weighted by atomic mass is 10.1. The standard InChI is InChI=1S/C16H20N2O4/c1-5-18-15(19)12(17-16(18)20)8-11-6-7-13(22-10(2)3)14(9-11)21-4/h6-10H,5H2,1-4H3,(H,17,20)/b12-8+. The van der Waals surface area contributed by atoms with Gasteiger partial charge in [-0.1, -0.05) is 6.07 Å². The summed E-state index contributed by atoms with van der Waals surface area (Å²) in [5.74, 6) is 0.887.